The van der Waals surface area contributed by atoms with Gasteiger partial charge in [-0.2, -0.15) is 5.26 Å². The predicted molar refractivity (Wildman–Crippen MR) is 90.5 cm³/mol. The number of aromatic nitrogens is 2. The largest absolute Gasteiger partial charge is 0.443 e. The summed E-state index contributed by atoms with van der Waals surface area (Å²) in [4.78, 5) is 22.4. The fourth-order valence-electron chi connectivity index (χ4n) is 2.00. The topological polar surface area (TPSA) is 79.1 Å². The van der Waals surface area contributed by atoms with Crippen LogP contribution in [-0.4, -0.2) is 28.2 Å². The molecule has 2 aromatic rings. The van der Waals surface area contributed by atoms with Gasteiger partial charge in [0.2, 0.25) is 0 Å². The molecule has 0 bridgehead atoms. The maximum Gasteiger partial charge on any atom is 0.416 e. The highest BCUT2D eigenvalue weighted by molar-refractivity contribution is 5.86. The smallest absolute Gasteiger partial charge is 0.416 e. The Bertz CT molecular complexity index is 715. The third kappa shape index (κ3) is 5.06. The van der Waals surface area contributed by atoms with E-state index in [0.717, 1.165) is 5.69 Å². The SMILES string of the molecule is CC(C)(C)OC(=O)N(CCc1ccccn1)c1ccc(C#N)cn1. The van der Waals surface area contributed by atoms with Crippen LogP contribution in [0.2, 0.25) is 0 Å². The van der Waals surface area contributed by atoms with Crippen LogP contribution in [-0.2, 0) is 11.2 Å². The maximum absolute atomic E-state index is 12.5. The molecule has 0 radical (unpaired) electrons. The van der Waals surface area contributed by atoms with Crippen molar-refractivity contribution in [2.75, 3.05) is 11.4 Å². The first kappa shape index (κ1) is 17.4. The third-order valence-electron chi connectivity index (χ3n) is 3.09. The van der Waals surface area contributed by atoms with Gasteiger partial charge in [-0.3, -0.25) is 9.88 Å². The van der Waals surface area contributed by atoms with Gasteiger partial charge in [-0.25, -0.2) is 9.78 Å². The Morgan fingerprint density at radius 3 is 2.58 bits per heavy atom. The van der Waals surface area contributed by atoms with Crippen molar-refractivity contribution >= 4 is 11.9 Å². The van der Waals surface area contributed by atoms with Gasteiger partial charge in [0.05, 0.1) is 5.56 Å². The van der Waals surface area contributed by atoms with Crippen LogP contribution in [0.15, 0.2) is 42.7 Å². The monoisotopic (exact) mass is 324 g/mol. The molecule has 0 aliphatic carbocycles. The second-order valence-electron chi connectivity index (χ2n) is 6.22. The van der Waals surface area contributed by atoms with Crippen molar-refractivity contribution < 1.29 is 9.53 Å². The van der Waals surface area contributed by atoms with Crippen molar-refractivity contribution in [2.45, 2.75) is 32.8 Å². The van der Waals surface area contributed by atoms with Crippen LogP contribution in [0.4, 0.5) is 10.6 Å². The fourth-order valence-corrected chi connectivity index (χ4v) is 2.00. The van der Waals surface area contributed by atoms with E-state index in [0.29, 0.717) is 24.3 Å². The molecule has 124 valence electrons. The normalized spacial score (nSPS) is 10.8. The second-order valence-corrected chi connectivity index (χ2v) is 6.22. The second kappa shape index (κ2) is 7.55. The lowest BCUT2D eigenvalue weighted by atomic mass is 10.2. The summed E-state index contributed by atoms with van der Waals surface area (Å²) < 4.78 is 5.46. The summed E-state index contributed by atoms with van der Waals surface area (Å²) in [5.74, 6) is 0.444. The fraction of sp³-hybridized carbons (Fsp3) is 0.333. The molecule has 0 unspecified atom stereocenters. The van der Waals surface area contributed by atoms with Crippen molar-refractivity contribution in [3.63, 3.8) is 0 Å². The average Bonchev–Trinajstić information content (AvgIpc) is 2.55. The Morgan fingerprint density at radius 2 is 2.04 bits per heavy atom. The number of hydrogen-bond donors (Lipinski definition) is 0. The minimum atomic E-state index is -0.604. The zero-order valence-electron chi connectivity index (χ0n) is 14.1. The first-order chi connectivity index (χ1) is 11.4. The van der Waals surface area contributed by atoms with E-state index in [-0.39, 0.29) is 0 Å². The number of nitrogens with zero attached hydrogens (tertiary/aromatic N) is 4. The highest BCUT2D eigenvalue weighted by Crippen LogP contribution is 2.17. The summed E-state index contributed by atoms with van der Waals surface area (Å²) in [6.07, 6.45) is 3.25. The predicted octanol–water partition coefficient (Wildman–Crippen LogP) is 3.33. The molecule has 0 saturated heterocycles. The summed E-state index contributed by atoms with van der Waals surface area (Å²) in [6.45, 7) is 5.82. The molecule has 6 nitrogen and oxygen atoms in total. The van der Waals surface area contributed by atoms with E-state index in [4.69, 9.17) is 10.00 Å². The number of amides is 1. The van der Waals surface area contributed by atoms with Gasteiger partial charge in [-0.05, 0) is 45.0 Å². The Kier molecular flexibility index (Phi) is 5.48. The van der Waals surface area contributed by atoms with Crippen LogP contribution in [0.1, 0.15) is 32.0 Å². The van der Waals surface area contributed by atoms with Crippen molar-refractivity contribution in [3.05, 3.63) is 54.0 Å². The Balaban J connectivity index is 2.19. The Labute approximate surface area is 141 Å². The van der Waals surface area contributed by atoms with Gasteiger partial charge in [-0.15, -0.1) is 0 Å². The molecule has 2 aromatic heterocycles. The molecule has 0 N–H and O–H groups in total. The molecule has 0 atom stereocenters. The number of rotatable bonds is 4. The number of hydrogen-bond acceptors (Lipinski definition) is 5. The van der Waals surface area contributed by atoms with Crippen LogP contribution in [0.5, 0.6) is 0 Å². The number of anilines is 1. The molecule has 0 fully saturated rings. The van der Waals surface area contributed by atoms with E-state index < -0.39 is 11.7 Å². The highest BCUT2D eigenvalue weighted by atomic mass is 16.6. The standard InChI is InChI=1S/C18H20N4O2/c1-18(2,3)24-17(23)22(11-9-15-6-4-5-10-20-15)16-8-7-14(12-19)13-21-16/h4-8,10,13H,9,11H2,1-3H3. The number of nitriles is 1. The maximum atomic E-state index is 12.5. The lowest BCUT2D eigenvalue weighted by Gasteiger charge is -2.26. The molecule has 0 aromatic carbocycles. The minimum Gasteiger partial charge on any atom is -0.443 e. The molecular weight excluding hydrogens is 304 g/mol. The van der Waals surface area contributed by atoms with Gasteiger partial charge < -0.3 is 4.74 Å². The molecule has 1 amide bonds. The molecular formula is C18H20N4O2. The first-order valence-corrected chi connectivity index (χ1v) is 7.65. The lowest BCUT2D eigenvalue weighted by Crippen LogP contribution is -2.38. The van der Waals surface area contributed by atoms with Gasteiger partial charge in [0, 0.05) is 31.1 Å². The van der Waals surface area contributed by atoms with E-state index in [1.165, 1.54) is 11.1 Å². The number of carbonyl (C=O) groups is 1. The molecule has 24 heavy (non-hydrogen) atoms. The number of pyridine rings is 2. The van der Waals surface area contributed by atoms with Crippen molar-refractivity contribution in [1.29, 1.82) is 5.26 Å². The van der Waals surface area contributed by atoms with Crippen molar-refractivity contribution in [3.8, 4) is 6.07 Å². The van der Waals surface area contributed by atoms with Crippen LogP contribution < -0.4 is 4.90 Å². The molecule has 0 aliphatic heterocycles. The lowest BCUT2D eigenvalue weighted by molar-refractivity contribution is 0.0579. The molecule has 2 heterocycles. The van der Waals surface area contributed by atoms with Gasteiger partial charge in [-0.1, -0.05) is 6.07 Å². The molecule has 0 saturated carbocycles. The minimum absolute atomic E-state index is 0.380. The summed E-state index contributed by atoms with van der Waals surface area (Å²) in [5.41, 5.74) is 0.708. The summed E-state index contributed by atoms with van der Waals surface area (Å²) in [5, 5.41) is 8.88. The first-order valence-electron chi connectivity index (χ1n) is 7.65. The zero-order valence-corrected chi connectivity index (χ0v) is 14.1. The van der Waals surface area contributed by atoms with Crippen molar-refractivity contribution in [1.82, 2.24) is 9.97 Å². The summed E-state index contributed by atoms with van der Waals surface area (Å²) >= 11 is 0. The quantitative estimate of drug-likeness (QED) is 0.862. The Morgan fingerprint density at radius 1 is 1.25 bits per heavy atom. The van der Waals surface area contributed by atoms with Crippen molar-refractivity contribution in [2.24, 2.45) is 0 Å². The summed E-state index contributed by atoms with van der Waals surface area (Å²) in [6, 6.07) is 10.9. The van der Waals surface area contributed by atoms with Gasteiger partial charge in [0.15, 0.2) is 0 Å². The third-order valence-corrected chi connectivity index (χ3v) is 3.09. The molecule has 0 spiro atoms. The average molecular weight is 324 g/mol. The van der Waals surface area contributed by atoms with Gasteiger partial charge in [0.1, 0.15) is 17.5 Å². The van der Waals surface area contributed by atoms with E-state index in [1.54, 1.807) is 18.3 Å². The Hall–Kier alpha value is -2.94. The van der Waals surface area contributed by atoms with E-state index in [1.807, 2.05) is 45.0 Å². The van der Waals surface area contributed by atoms with Crippen LogP contribution in [0.25, 0.3) is 0 Å². The molecule has 6 heteroatoms. The van der Waals surface area contributed by atoms with Crippen LogP contribution in [0.3, 0.4) is 0 Å². The highest BCUT2D eigenvalue weighted by Gasteiger charge is 2.24. The van der Waals surface area contributed by atoms with E-state index in [2.05, 4.69) is 9.97 Å². The number of carbonyl (C=O) groups excluding carboxylic acids is 1. The van der Waals surface area contributed by atoms with E-state index >= 15 is 0 Å². The molecule has 2 rings (SSSR count). The van der Waals surface area contributed by atoms with Crippen LogP contribution in [0, 0.1) is 11.3 Å². The van der Waals surface area contributed by atoms with E-state index in [9.17, 15) is 4.79 Å². The number of ether oxygens (including phenoxy) is 1. The molecule has 0 aliphatic rings. The van der Waals surface area contributed by atoms with Gasteiger partial charge in [0.25, 0.3) is 0 Å². The van der Waals surface area contributed by atoms with Crippen LogP contribution >= 0.6 is 0 Å². The van der Waals surface area contributed by atoms with Gasteiger partial charge >= 0.3 is 6.09 Å². The zero-order chi connectivity index (χ0) is 17.6. The summed E-state index contributed by atoms with van der Waals surface area (Å²) in [7, 11) is 0.